The molecule has 8 nitrogen and oxygen atoms in total. The molecule has 2 N–H and O–H groups in total. The molecular weight excluding hydrogens is 492 g/mol. The molecule has 6 rings (SSSR count). The number of aliphatic hydroxyl groups is 1. The molecule has 2 aliphatic rings. The number of hydrogen-bond acceptors (Lipinski definition) is 7. The van der Waals surface area contributed by atoms with Gasteiger partial charge in [-0.3, -0.25) is 14.6 Å². The van der Waals surface area contributed by atoms with Gasteiger partial charge >= 0.3 is 0 Å². The lowest BCUT2D eigenvalue weighted by Gasteiger charge is -2.35. The van der Waals surface area contributed by atoms with E-state index in [4.69, 9.17) is 9.15 Å². The molecule has 0 bridgehead atoms. The van der Waals surface area contributed by atoms with E-state index in [2.05, 4.69) is 38.3 Å². The van der Waals surface area contributed by atoms with E-state index in [-0.39, 0.29) is 18.6 Å². The number of β-amino-alcohol motifs (C(OH)–C–C–N with tert-alkyl or cyclic N) is 1. The molecule has 0 saturated carbocycles. The summed E-state index contributed by atoms with van der Waals surface area (Å²) in [5.41, 5.74) is 4.94. The lowest BCUT2D eigenvalue weighted by Crippen LogP contribution is -2.51. The topological polar surface area (TPSA) is 91.1 Å². The standard InChI is InChI=1S/C31H34N4O4/c36-24(21-38-25-11-13-29-28(18-25)33-31(39-29)23-7-2-1-3-8-23)19-34-14-16-35(17-15-34)20-30(37)32-27-12-10-22-6-4-5-9-26(22)27/h1-9,11,13,18,24,27,36H,10,12,14-17,19-21H2,(H,32,37)/t24-,27-/m1/s1. The van der Waals surface area contributed by atoms with E-state index in [1.54, 1.807) is 0 Å². The normalized spacial score (nSPS) is 18.6. The molecule has 1 aliphatic carbocycles. The van der Waals surface area contributed by atoms with Crippen molar-refractivity contribution in [2.75, 3.05) is 45.9 Å². The van der Waals surface area contributed by atoms with Crippen LogP contribution >= 0.6 is 0 Å². The van der Waals surface area contributed by atoms with E-state index in [0.717, 1.165) is 50.1 Å². The maximum Gasteiger partial charge on any atom is 0.234 e. The minimum atomic E-state index is -0.616. The van der Waals surface area contributed by atoms with Crippen molar-refractivity contribution < 1.29 is 19.1 Å². The van der Waals surface area contributed by atoms with Crippen molar-refractivity contribution >= 4 is 17.0 Å². The number of amides is 1. The SMILES string of the molecule is O=C(CN1CCN(C[C@@H](O)COc2ccc3oc(-c4ccccc4)nc3c2)CC1)N[C@@H]1CCc2ccccc21. The van der Waals surface area contributed by atoms with Crippen molar-refractivity contribution in [1.82, 2.24) is 20.1 Å². The van der Waals surface area contributed by atoms with Crippen LogP contribution in [0, 0.1) is 0 Å². The summed E-state index contributed by atoms with van der Waals surface area (Å²) in [5, 5.41) is 13.8. The smallest absolute Gasteiger partial charge is 0.234 e. The van der Waals surface area contributed by atoms with Crippen LogP contribution in [0.2, 0.25) is 0 Å². The van der Waals surface area contributed by atoms with Gasteiger partial charge in [-0.15, -0.1) is 0 Å². The summed E-state index contributed by atoms with van der Waals surface area (Å²) >= 11 is 0. The number of aliphatic hydroxyl groups excluding tert-OH is 1. The van der Waals surface area contributed by atoms with E-state index >= 15 is 0 Å². The fourth-order valence-electron chi connectivity index (χ4n) is 5.52. The Bertz CT molecular complexity index is 1410. The second-order valence-electron chi connectivity index (χ2n) is 10.4. The lowest BCUT2D eigenvalue weighted by atomic mass is 10.1. The number of aryl methyl sites for hydroxylation is 1. The minimum absolute atomic E-state index is 0.0820. The summed E-state index contributed by atoms with van der Waals surface area (Å²) in [5.74, 6) is 1.30. The van der Waals surface area contributed by atoms with Crippen molar-refractivity contribution in [1.29, 1.82) is 0 Å². The predicted molar refractivity (Wildman–Crippen MR) is 149 cm³/mol. The molecule has 1 saturated heterocycles. The number of oxazole rings is 1. The summed E-state index contributed by atoms with van der Waals surface area (Å²) < 4.78 is 11.7. The Morgan fingerprint density at radius 3 is 2.64 bits per heavy atom. The zero-order valence-corrected chi connectivity index (χ0v) is 22.0. The Hall–Kier alpha value is -3.72. The molecule has 0 radical (unpaired) electrons. The molecule has 39 heavy (non-hydrogen) atoms. The second kappa shape index (κ2) is 11.6. The summed E-state index contributed by atoms with van der Waals surface area (Å²) in [6.45, 7) is 4.36. The van der Waals surface area contributed by atoms with Crippen molar-refractivity contribution in [3.8, 4) is 17.2 Å². The Morgan fingerprint density at radius 1 is 1.03 bits per heavy atom. The number of nitrogens with zero attached hydrogens (tertiary/aromatic N) is 3. The molecule has 2 heterocycles. The molecule has 1 amide bonds. The van der Waals surface area contributed by atoms with Gasteiger partial charge in [-0.05, 0) is 48.2 Å². The highest BCUT2D eigenvalue weighted by molar-refractivity contribution is 5.79. The average Bonchev–Trinajstić information content (AvgIpc) is 3.57. The number of fused-ring (bicyclic) bond motifs is 2. The Morgan fingerprint density at radius 2 is 1.79 bits per heavy atom. The number of carbonyl (C=O) groups is 1. The van der Waals surface area contributed by atoms with Crippen LogP contribution in [-0.4, -0.2) is 77.8 Å². The van der Waals surface area contributed by atoms with Crippen LogP contribution in [0.25, 0.3) is 22.6 Å². The molecule has 8 heteroatoms. The zero-order chi connectivity index (χ0) is 26.6. The van der Waals surface area contributed by atoms with Crippen LogP contribution in [0.15, 0.2) is 77.2 Å². The number of piperazine rings is 1. The second-order valence-corrected chi connectivity index (χ2v) is 10.4. The number of benzene rings is 3. The third-order valence-electron chi connectivity index (χ3n) is 7.59. The summed E-state index contributed by atoms with van der Waals surface area (Å²) in [6, 6.07) is 23.8. The van der Waals surface area contributed by atoms with Crippen LogP contribution < -0.4 is 10.1 Å². The molecule has 1 fully saturated rings. The molecule has 4 aromatic rings. The van der Waals surface area contributed by atoms with Gasteiger partial charge in [0, 0.05) is 44.4 Å². The fraction of sp³-hybridized carbons (Fsp3) is 0.355. The maximum atomic E-state index is 12.7. The molecule has 1 aliphatic heterocycles. The predicted octanol–water partition coefficient (Wildman–Crippen LogP) is 3.66. The number of ether oxygens (including phenoxy) is 1. The Balaban J connectivity index is 0.930. The highest BCUT2D eigenvalue weighted by Gasteiger charge is 2.25. The van der Waals surface area contributed by atoms with Gasteiger partial charge in [-0.1, -0.05) is 42.5 Å². The third-order valence-corrected chi connectivity index (χ3v) is 7.59. The molecule has 202 valence electrons. The van der Waals surface area contributed by atoms with E-state index in [1.807, 2.05) is 54.6 Å². The first-order valence-electron chi connectivity index (χ1n) is 13.7. The van der Waals surface area contributed by atoms with Crippen molar-refractivity contribution in [2.24, 2.45) is 0 Å². The molecule has 0 spiro atoms. The van der Waals surface area contributed by atoms with Crippen LogP contribution in [0.4, 0.5) is 0 Å². The first-order valence-corrected chi connectivity index (χ1v) is 13.7. The number of carbonyl (C=O) groups excluding carboxylic acids is 1. The van der Waals surface area contributed by atoms with Crippen molar-refractivity contribution in [3.63, 3.8) is 0 Å². The highest BCUT2D eigenvalue weighted by atomic mass is 16.5. The largest absolute Gasteiger partial charge is 0.491 e. The van der Waals surface area contributed by atoms with Crippen LogP contribution in [0.3, 0.4) is 0 Å². The van der Waals surface area contributed by atoms with Crippen molar-refractivity contribution in [2.45, 2.75) is 25.0 Å². The molecule has 3 aromatic carbocycles. The molecule has 0 unspecified atom stereocenters. The molecule has 1 aromatic heterocycles. The summed E-state index contributed by atoms with van der Waals surface area (Å²) in [6.07, 6.45) is 1.38. The van der Waals surface area contributed by atoms with Gasteiger partial charge < -0.3 is 19.6 Å². The Labute approximate surface area is 228 Å². The Kier molecular flexibility index (Phi) is 7.58. The number of nitrogens with one attached hydrogen (secondary N) is 1. The third kappa shape index (κ3) is 6.14. The van der Waals surface area contributed by atoms with Gasteiger partial charge in [-0.2, -0.15) is 0 Å². The maximum absolute atomic E-state index is 12.7. The van der Waals surface area contributed by atoms with Crippen LogP contribution in [0.5, 0.6) is 5.75 Å². The minimum Gasteiger partial charge on any atom is -0.491 e. The van der Waals surface area contributed by atoms with Gasteiger partial charge in [0.15, 0.2) is 5.58 Å². The lowest BCUT2D eigenvalue weighted by molar-refractivity contribution is -0.123. The zero-order valence-electron chi connectivity index (χ0n) is 22.0. The highest BCUT2D eigenvalue weighted by Crippen LogP contribution is 2.30. The molecule has 2 atom stereocenters. The molecular formula is C31H34N4O4. The van der Waals surface area contributed by atoms with Gasteiger partial charge in [0.1, 0.15) is 24.0 Å². The van der Waals surface area contributed by atoms with E-state index in [1.165, 1.54) is 11.1 Å². The number of rotatable bonds is 9. The monoisotopic (exact) mass is 526 g/mol. The van der Waals surface area contributed by atoms with Gasteiger partial charge in [0.25, 0.3) is 0 Å². The van der Waals surface area contributed by atoms with Gasteiger partial charge in [0.2, 0.25) is 11.8 Å². The summed E-state index contributed by atoms with van der Waals surface area (Å²) in [4.78, 5) is 21.7. The van der Waals surface area contributed by atoms with Crippen LogP contribution in [0.1, 0.15) is 23.6 Å². The number of aromatic nitrogens is 1. The first kappa shape index (κ1) is 25.6. The van der Waals surface area contributed by atoms with E-state index in [9.17, 15) is 9.90 Å². The van der Waals surface area contributed by atoms with Gasteiger partial charge in [0.05, 0.1) is 12.6 Å². The van der Waals surface area contributed by atoms with E-state index < -0.39 is 6.10 Å². The van der Waals surface area contributed by atoms with Gasteiger partial charge in [-0.25, -0.2) is 4.98 Å². The number of hydrogen-bond donors (Lipinski definition) is 2. The average molecular weight is 527 g/mol. The van der Waals surface area contributed by atoms with Crippen molar-refractivity contribution in [3.05, 3.63) is 83.9 Å². The van der Waals surface area contributed by atoms with Crippen LogP contribution in [-0.2, 0) is 11.2 Å². The first-order chi connectivity index (χ1) is 19.1. The summed E-state index contributed by atoms with van der Waals surface area (Å²) in [7, 11) is 0. The van der Waals surface area contributed by atoms with E-state index in [0.29, 0.717) is 30.3 Å². The quantitative estimate of drug-likeness (QED) is 0.344. The fourth-order valence-corrected chi connectivity index (χ4v) is 5.52.